The van der Waals surface area contributed by atoms with Gasteiger partial charge in [0.2, 0.25) is 0 Å². The highest BCUT2D eigenvalue weighted by atomic mass is 19.4. The van der Waals surface area contributed by atoms with E-state index in [1.807, 2.05) is 24.3 Å². The van der Waals surface area contributed by atoms with Gasteiger partial charge >= 0.3 is 6.18 Å². The number of nitrogens with zero attached hydrogens (tertiary/aromatic N) is 2. The fourth-order valence-electron chi connectivity index (χ4n) is 2.04. The number of carbonyl (C=O) groups is 1. The van der Waals surface area contributed by atoms with E-state index in [0.29, 0.717) is 13.2 Å². The highest BCUT2D eigenvalue weighted by Crippen LogP contribution is 2.16. The Morgan fingerprint density at radius 1 is 1.29 bits per heavy atom. The number of benzene rings is 1. The van der Waals surface area contributed by atoms with Crippen LogP contribution in [0.15, 0.2) is 29.4 Å². The minimum Gasteiger partial charge on any atom is -0.386 e. The van der Waals surface area contributed by atoms with Gasteiger partial charge in [-0.25, -0.2) is 0 Å². The molecule has 6 nitrogen and oxygen atoms in total. The zero-order valence-electron chi connectivity index (χ0n) is 12.9. The highest BCUT2D eigenvalue weighted by molar-refractivity contribution is 5.80. The van der Waals surface area contributed by atoms with Crippen LogP contribution in [0.5, 0.6) is 0 Å². The first kappa shape index (κ1) is 18.1. The molecule has 0 saturated carbocycles. The Morgan fingerprint density at radius 2 is 1.96 bits per heavy atom. The van der Waals surface area contributed by atoms with E-state index in [1.54, 1.807) is 5.32 Å². The number of anilines is 1. The predicted octanol–water partition coefficient (Wildman–Crippen LogP) is 1.55. The molecule has 0 radical (unpaired) electrons. The standard InChI is InChI=1S/C15H18F3N3O3/c16-15(17,18)11-19-14(22)10-24-20-9-12-1-3-13(4-2-12)21-5-7-23-8-6-21/h1-4,9H,5-8,10-11H2,(H,19,22). The topological polar surface area (TPSA) is 63.2 Å². The Bertz CT molecular complexity index is 555. The monoisotopic (exact) mass is 345 g/mol. The van der Waals surface area contributed by atoms with Gasteiger partial charge in [0.25, 0.3) is 5.91 Å². The molecule has 1 N–H and O–H groups in total. The molecule has 1 aliphatic heterocycles. The van der Waals surface area contributed by atoms with Crippen LogP contribution in [0.2, 0.25) is 0 Å². The summed E-state index contributed by atoms with van der Waals surface area (Å²) in [5.41, 5.74) is 1.82. The number of hydrogen-bond donors (Lipinski definition) is 1. The van der Waals surface area contributed by atoms with Crippen LogP contribution in [0, 0.1) is 0 Å². The van der Waals surface area contributed by atoms with E-state index in [4.69, 9.17) is 4.74 Å². The van der Waals surface area contributed by atoms with Crippen LogP contribution in [0.1, 0.15) is 5.56 Å². The number of carbonyl (C=O) groups excluding carboxylic acids is 1. The van der Waals surface area contributed by atoms with Crippen LogP contribution in [-0.4, -0.2) is 57.8 Å². The normalized spacial score (nSPS) is 15.5. The van der Waals surface area contributed by atoms with Gasteiger partial charge < -0.3 is 19.8 Å². The molecule has 0 aliphatic carbocycles. The average Bonchev–Trinajstić information content (AvgIpc) is 2.58. The number of ether oxygens (including phenoxy) is 1. The van der Waals surface area contributed by atoms with Gasteiger partial charge in [0.1, 0.15) is 6.54 Å². The average molecular weight is 345 g/mol. The number of nitrogens with one attached hydrogen (secondary N) is 1. The number of halogens is 3. The lowest BCUT2D eigenvalue weighted by atomic mass is 10.2. The van der Waals surface area contributed by atoms with Crippen molar-refractivity contribution in [3.05, 3.63) is 29.8 Å². The van der Waals surface area contributed by atoms with Crippen molar-refractivity contribution in [2.24, 2.45) is 5.16 Å². The summed E-state index contributed by atoms with van der Waals surface area (Å²) >= 11 is 0. The van der Waals surface area contributed by atoms with E-state index in [9.17, 15) is 18.0 Å². The summed E-state index contributed by atoms with van der Waals surface area (Å²) in [5.74, 6) is -0.882. The van der Waals surface area contributed by atoms with E-state index in [0.717, 1.165) is 24.3 Å². The molecule has 1 aliphatic rings. The Balaban J connectivity index is 1.73. The molecule has 9 heteroatoms. The molecule has 0 spiro atoms. The molecule has 24 heavy (non-hydrogen) atoms. The molecule has 1 aromatic rings. The molecule has 132 valence electrons. The molecular formula is C15H18F3N3O3. The van der Waals surface area contributed by atoms with Crippen molar-refractivity contribution in [3.63, 3.8) is 0 Å². The van der Waals surface area contributed by atoms with Gasteiger partial charge in [0, 0.05) is 18.8 Å². The first-order chi connectivity index (χ1) is 11.4. The zero-order chi connectivity index (χ0) is 17.4. The van der Waals surface area contributed by atoms with Gasteiger partial charge in [-0.05, 0) is 17.7 Å². The number of hydrogen-bond acceptors (Lipinski definition) is 5. The summed E-state index contributed by atoms with van der Waals surface area (Å²) in [5, 5.41) is 5.25. The van der Waals surface area contributed by atoms with Crippen LogP contribution in [-0.2, 0) is 14.4 Å². The van der Waals surface area contributed by atoms with Crippen molar-refractivity contribution in [3.8, 4) is 0 Å². The van der Waals surface area contributed by atoms with Gasteiger partial charge in [-0.15, -0.1) is 0 Å². The second-order valence-electron chi connectivity index (χ2n) is 5.09. The highest BCUT2D eigenvalue weighted by Gasteiger charge is 2.27. The second kappa shape index (κ2) is 8.53. The summed E-state index contributed by atoms with van der Waals surface area (Å²) in [6.45, 7) is 1.12. The van der Waals surface area contributed by atoms with Gasteiger partial charge in [0.15, 0.2) is 6.61 Å². The molecule has 1 fully saturated rings. The number of amides is 1. The van der Waals surface area contributed by atoms with E-state index >= 15 is 0 Å². The van der Waals surface area contributed by atoms with Gasteiger partial charge in [-0.2, -0.15) is 13.2 Å². The first-order valence-electron chi connectivity index (χ1n) is 7.35. The molecule has 1 amide bonds. The fourth-order valence-corrected chi connectivity index (χ4v) is 2.04. The zero-order valence-corrected chi connectivity index (χ0v) is 12.9. The van der Waals surface area contributed by atoms with Crippen molar-refractivity contribution >= 4 is 17.8 Å². The van der Waals surface area contributed by atoms with E-state index in [2.05, 4.69) is 14.9 Å². The van der Waals surface area contributed by atoms with E-state index in [-0.39, 0.29) is 0 Å². The SMILES string of the molecule is O=C(CON=Cc1ccc(N2CCOCC2)cc1)NCC(F)(F)F. The summed E-state index contributed by atoms with van der Waals surface area (Å²) in [4.78, 5) is 18.0. The lowest BCUT2D eigenvalue weighted by Crippen LogP contribution is -2.36. The minimum atomic E-state index is -4.44. The van der Waals surface area contributed by atoms with Crippen LogP contribution in [0.4, 0.5) is 18.9 Å². The molecule has 1 saturated heterocycles. The third-order valence-corrected chi connectivity index (χ3v) is 3.23. The maximum atomic E-state index is 11.9. The van der Waals surface area contributed by atoms with Gasteiger partial charge in [-0.3, -0.25) is 4.79 Å². The lowest BCUT2D eigenvalue weighted by molar-refractivity contribution is -0.141. The van der Waals surface area contributed by atoms with Crippen LogP contribution >= 0.6 is 0 Å². The van der Waals surface area contributed by atoms with Crippen molar-refractivity contribution in [1.82, 2.24) is 5.32 Å². The fraction of sp³-hybridized carbons (Fsp3) is 0.467. The minimum absolute atomic E-state index is 0.571. The summed E-state index contributed by atoms with van der Waals surface area (Å²) in [7, 11) is 0. The van der Waals surface area contributed by atoms with Gasteiger partial charge in [-0.1, -0.05) is 17.3 Å². The number of rotatable bonds is 6. The van der Waals surface area contributed by atoms with Crippen LogP contribution < -0.4 is 10.2 Å². The molecule has 1 aromatic carbocycles. The predicted molar refractivity (Wildman–Crippen MR) is 82.1 cm³/mol. The Labute approximate surface area is 137 Å². The molecule has 1 heterocycles. The molecule has 0 unspecified atom stereocenters. The largest absolute Gasteiger partial charge is 0.405 e. The van der Waals surface area contributed by atoms with Crippen LogP contribution in [0.25, 0.3) is 0 Å². The lowest BCUT2D eigenvalue weighted by Gasteiger charge is -2.28. The van der Waals surface area contributed by atoms with E-state index in [1.165, 1.54) is 6.21 Å². The second-order valence-corrected chi connectivity index (χ2v) is 5.09. The maximum Gasteiger partial charge on any atom is 0.405 e. The summed E-state index contributed by atoms with van der Waals surface area (Å²) < 4.78 is 41.0. The van der Waals surface area contributed by atoms with Crippen molar-refractivity contribution in [2.45, 2.75) is 6.18 Å². The quantitative estimate of drug-likeness (QED) is 0.628. The third-order valence-electron chi connectivity index (χ3n) is 3.23. The molecule has 0 atom stereocenters. The number of alkyl halides is 3. The molecule has 0 bridgehead atoms. The van der Waals surface area contributed by atoms with Gasteiger partial charge in [0.05, 0.1) is 19.4 Å². The van der Waals surface area contributed by atoms with Crippen LogP contribution in [0.3, 0.4) is 0 Å². The molecular weight excluding hydrogens is 327 g/mol. The number of oxime groups is 1. The Kier molecular flexibility index (Phi) is 6.42. The Morgan fingerprint density at radius 3 is 2.58 bits per heavy atom. The Hall–Kier alpha value is -2.29. The molecule has 2 rings (SSSR count). The first-order valence-corrected chi connectivity index (χ1v) is 7.35. The third kappa shape index (κ3) is 6.45. The number of morpholine rings is 1. The summed E-state index contributed by atoms with van der Waals surface area (Å²) in [6.07, 6.45) is -3.05. The van der Waals surface area contributed by atoms with Crippen molar-refractivity contribution < 1.29 is 27.5 Å². The smallest absolute Gasteiger partial charge is 0.386 e. The van der Waals surface area contributed by atoms with E-state index < -0.39 is 25.2 Å². The molecule has 0 aromatic heterocycles. The summed E-state index contributed by atoms with van der Waals surface area (Å²) in [6, 6.07) is 7.54. The maximum absolute atomic E-state index is 11.9. The van der Waals surface area contributed by atoms with Crippen molar-refractivity contribution in [2.75, 3.05) is 44.4 Å². The van der Waals surface area contributed by atoms with Crippen molar-refractivity contribution in [1.29, 1.82) is 0 Å².